The molecule has 0 radical (unpaired) electrons. The lowest BCUT2D eigenvalue weighted by molar-refractivity contribution is -0.125. The molecule has 1 aromatic heterocycles. The van der Waals surface area contributed by atoms with E-state index in [1.165, 1.54) is 34.8 Å². The number of hydrogen-bond acceptors (Lipinski definition) is 5. The van der Waals surface area contributed by atoms with Crippen LogP contribution in [0, 0.1) is 5.82 Å². The summed E-state index contributed by atoms with van der Waals surface area (Å²) in [6.45, 7) is 5.13. The molecule has 0 bridgehead atoms. The van der Waals surface area contributed by atoms with Gasteiger partial charge in [-0.2, -0.15) is 0 Å². The largest absolute Gasteiger partial charge is 0.345 e. The molecule has 1 saturated heterocycles. The molecule has 2 aliphatic rings. The normalized spacial score (nSPS) is 18.9. The number of aromatic nitrogens is 1. The minimum Gasteiger partial charge on any atom is -0.345 e. The molecule has 6 nitrogen and oxygen atoms in total. The third-order valence-electron chi connectivity index (χ3n) is 5.49. The van der Waals surface area contributed by atoms with Crippen LogP contribution in [0.15, 0.2) is 29.6 Å². The second-order valence-corrected chi connectivity index (χ2v) is 8.47. The number of halogens is 1. The second-order valence-electron chi connectivity index (χ2n) is 7.64. The predicted molar refractivity (Wildman–Crippen MR) is 112 cm³/mol. The molecule has 1 aliphatic carbocycles. The van der Waals surface area contributed by atoms with Crippen LogP contribution < -0.4 is 9.80 Å². The van der Waals surface area contributed by atoms with Crippen molar-refractivity contribution in [2.45, 2.75) is 58.2 Å². The Bertz CT molecular complexity index is 896. The van der Waals surface area contributed by atoms with Crippen LogP contribution in [0.3, 0.4) is 0 Å². The minimum atomic E-state index is -0.379. The van der Waals surface area contributed by atoms with Gasteiger partial charge in [0.05, 0.1) is 12.2 Å². The van der Waals surface area contributed by atoms with Gasteiger partial charge in [0, 0.05) is 36.1 Å². The number of benzene rings is 1. The zero-order valence-electron chi connectivity index (χ0n) is 16.7. The highest BCUT2D eigenvalue weighted by molar-refractivity contribution is 7.13. The van der Waals surface area contributed by atoms with Crippen molar-refractivity contribution in [1.82, 2.24) is 9.88 Å². The summed E-state index contributed by atoms with van der Waals surface area (Å²) in [5.74, 6) is -0.537. The molecule has 1 aliphatic heterocycles. The van der Waals surface area contributed by atoms with Gasteiger partial charge in [0.1, 0.15) is 5.82 Å². The van der Waals surface area contributed by atoms with Crippen LogP contribution in [0.5, 0.6) is 0 Å². The summed E-state index contributed by atoms with van der Waals surface area (Å²) in [7, 11) is 0. The number of carbonyl (C=O) groups excluding carboxylic acids is 2. The Morgan fingerprint density at radius 3 is 2.59 bits per heavy atom. The summed E-state index contributed by atoms with van der Waals surface area (Å²) in [6, 6.07) is 5.82. The van der Waals surface area contributed by atoms with Crippen molar-refractivity contribution in [3.8, 4) is 0 Å². The number of urea groups is 1. The van der Waals surface area contributed by atoms with E-state index < -0.39 is 0 Å². The van der Waals surface area contributed by atoms with Gasteiger partial charge in [-0.25, -0.2) is 14.2 Å². The summed E-state index contributed by atoms with van der Waals surface area (Å²) in [4.78, 5) is 35.4. The molecule has 4 rings (SSSR count). The van der Waals surface area contributed by atoms with E-state index in [4.69, 9.17) is 4.98 Å². The van der Waals surface area contributed by atoms with Crippen molar-refractivity contribution in [2.75, 3.05) is 16.3 Å². The van der Waals surface area contributed by atoms with Crippen LogP contribution in [0.4, 0.5) is 20.0 Å². The standard InChI is InChI=1S/C21H25FN4O2S/c1-3-24(17-9-10-17)20-23-16(13-29-20)12-25(18-7-5-15(22)6-8-18)21(28)26-14(2)4-11-19(26)27/h5-8,13-14,17H,3-4,9-12H2,1-2H3/t14-/m1/s1. The molecule has 2 aromatic rings. The first kappa shape index (κ1) is 19.8. The smallest absolute Gasteiger partial charge is 0.331 e. The van der Waals surface area contributed by atoms with E-state index in [9.17, 15) is 14.0 Å². The lowest BCUT2D eigenvalue weighted by Crippen LogP contribution is -2.46. The Hall–Kier alpha value is -2.48. The monoisotopic (exact) mass is 416 g/mol. The van der Waals surface area contributed by atoms with Gasteiger partial charge in [0.2, 0.25) is 5.91 Å². The van der Waals surface area contributed by atoms with Crippen molar-refractivity contribution in [3.05, 3.63) is 41.2 Å². The zero-order chi connectivity index (χ0) is 20.5. The fourth-order valence-electron chi connectivity index (χ4n) is 3.74. The molecule has 1 aromatic carbocycles. The molecule has 3 amide bonds. The van der Waals surface area contributed by atoms with Crippen LogP contribution in [-0.2, 0) is 11.3 Å². The van der Waals surface area contributed by atoms with Gasteiger partial charge in [0.15, 0.2) is 5.13 Å². The first-order valence-electron chi connectivity index (χ1n) is 10.1. The van der Waals surface area contributed by atoms with E-state index in [1.54, 1.807) is 23.5 Å². The molecular weight excluding hydrogens is 391 g/mol. The zero-order valence-corrected chi connectivity index (χ0v) is 17.5. The summed E-state index contributed by atoms with van der Waals surface area (Å²) in [5, 5.41) is 2.92. The molecule has 1 atom stereocenters. The maximum absolute atomic E-state index is 13.4. The quantitative estimate of drug-likeness (QED) is 0.700. The second kappa shape index (κ2) is 8.10. The molecule has 0 N–H and O–H groups in total. The van der Waals surface area contributed by atoms with Crippen molar-refractivity contribution in [1.29, 1.82) is 0 Å². The van der Waals surface area contributed by atoms with Crippen LogP contribution in [0.1, 0.15) is 45.2 Å². The van der Waals surface area contributed by atoms with Gasteiger partial charge in [-0.1, -0.05) is 0 Å². The molecule has 2 fully saturated rings. The Morgan fingerprint density at radius 2 is 2.00 bits per heavy atom. The highest BCUT2D eigenvalue weighted by Crippen LogP contribution is 2.34. The number of hydrogen-bond donors (Lipinski definition) is 0. The Morgan fingerprint density at radius 1 is 1.28 bits per heavy atom. The van der Waals surface area contributed by atoms with Crippen LogP contribution >= 0.6 is 11.3 Å². The SMILES string of the molecule is CCN(c1nc(CN(C(=O)N2C(=O)CC[C@H]2C)c2ccc(F)cc2)cs1)C1CC1. The van der Waals surface area contributed by atoms with E-state index in [1.807, 2.05) is 12.3 Å². The summed E-state index contributed by atoms with van der Waals surface area (Å²) >= 11 is 1.57. The molecule has 2 heterocycles. The molecule has 154 valence electrons. The van der Waals surface area contributed by atoms with Crippen LogP contribution in [-0.4, -0.2) is 40.5 Å². The number of carbonyl (C=O) groups is 2. The molecule has 0 unspecified atom stereocenters. The summed E-state index contributed by atoms with van der Waals surface area (Å²) in [6.07, 6.45) is 3.42. The van der Waals surface area contributed by atoms with Crippen LogP contribution in [0.2, 0.25) is 0 Å². The Labute approximate surface area is 173 Å². The van der Waals surface area contributed by atoms with E-state index in [-0.39, 0.29) is 30.3 Å². The average Bonchev–Trinajstić information content (AvgIpc) is 3.34. The van der Waals surface area contributed by atoms with Gasteiger partial charge < -0.3 is 4.90 Å². The van der Waals surface area contributed by atoms with Crippen molar-refractivity contribution >= 4 is 34.1 Å². The van der Waals surface area contributed by atoms with E-state index >= 15 is 0 Å². The first-order valence-corrected chi connectivity index (χ1v) is 11.0. The van der Waals surface area contributed by atoms with E-state index in [0.717, 1.165) is 17.4 Å². The molecule has 0 spiro atoms. The average molecular weight is 417 g/mol. The number of rotatable bonds is 6. The highest BCUT2D eigenvalue weighted by atomic mass is 32.1. The maximum Gasteiger partial charge on any atom is 0.331 e. The van der Waals surface area contributed by atoms with Gasteiger partial charge in [0.25, 0.3) is 0 Å². The Kier molecular flexibility index (Phi) is 5.54. The number of thiazole rings is 1. The first-order chi connectivity index (χ1) is 14.0. The topological polar surface area (TPSA) is 56.8 Å². The van der Waals surface area contributed by atoms with E-state index in [2.05, 4.69) is 11.8 Å². The fourth-order valence-corrected chi connectivity index (χ4v) is 4.69. The predicted octanol–water partition coefficient (Wildman–Crippen LogP) is 4.41. The Balaban J connectivity index is 1.60. The van der Waals surface area contributed by atoms with Gasteiger partial charge in [-0.3, -0.25) is 14.6 Å². The van der Waals surface area contributed by atoms with Gasteiger partial charge >= 0.3 is 6.03 Å². The van der Waals surface area contributed by atoms with Crippen molar-refractivity contribution in [2.24, 2.45) is 0 Å². The summed E-state index contributed by atoms with van der Waals surface area (Å²) in [5.41, 5.74) is 1.31. The minimum absolute atomic E-state index is 0.144. The number of anilines is 2. The fraction of sp³-hybridized carbons (Fsp3) is 0.476. The van der Waals surface area contributed by atoms with Crippen molar-refractivity contribution in [3.63, 3.8) is 0 Å². The van der Waals surface area contributed by atoms with E-state index in [0.29, 0.717) is 24.6 Å². The van der Waals surface area contributed by atoms with Gasteiger partial charge in [-0.05, 0) is 57.4 Å². The summed E-state index contributed by atoms with van der Waals surface area (Å²) < 4.78 is 13.4. The van der Waals surface area contributed by atoms with Crippen LogP contribution in [0.25, 0.3) is 0 Å². The van der Waals surface area contributed by atoms with Gasteiger partial charge in [-0.15, -0.1) is 11.3 Å². The third-order valence-corrected chi connectivity index (χ3v) is 6.42. The number of nitrogens with zero attached hydrogens (tertiary/aromatic N) is 4. The third kappa shape index (κ3) is 4.12. The molecule has 1 saturated carbocycles. The number of imide groups is 1. The molecule has 29 heavy (non-hydrogen) atoms. The van der Waals surface area contributed by atoms with Crippen molar-refractivity contribution < 1.29 is 14.0 Å². The number of likely N-dealkylation sites (tertiary alicyclic amines) is 1. The lowest BCUT2D eigenvalue weighted by Gasteiger charge is -2.29. The molecular formula is C21H25FN4O2S. The highest BCUT2D eigenvalue weighted by Gasteiger charge is 2.36. The molecule has 8 heteroatoms. The lowest BCUT2D eigenvalue weighted by atomic mass is 10.2. The maximum atomic E-state index is 13.4. The number of amides is 3.